The van der Waals surface area contributed by atoms with Gasteiger partial charge in [-0.05, 0) is 39.0 Å². The Bertz CT molecular complexity index is 1400. The number of rotatable bonds is 6. The molecule has 172 valence electrons. The van der Waals surface area contributed by atoms with Crippen molar-refractivity contribution in [2.45, 2.75) is 31.5 Å². The van der Waals surface area contributed by atoms with Crippen LogP contribution in [0.3, 0.4) is 0 Å². The van der Waals surface area contributed by atoms with Gasteiger partial charge in [-0.3, -0.25) is 14.2 Å². The number of hydrogen-bond acceptors (Lipinski definition) is 6. The first kappa shape index (κ1) is 22.7. The van der Waals surface area contributed by atoms with Crippen LogP contribution in [-0.2, 0) is 4.79 Å². The van der Waals surface area contributed by atoms with Gasteiger partial charge >= 0.3 is 0 Å². The molecule has 9 heteroatoms. The van der Waals surface area contributed by atoms with Gasteiger partial charge in [0, 0.05) is 22.5 Å². The molecule has 1 amide bonds. The molecule has 4 rings (SSSR count). The molecule has 2 aromatic carbocycles. The molecule has 33 heavy (non-hydrogen) atoms. The number of H-pyrrole nitrogens is 1. The molecule has 2 N–H and O–H groups in total. The molecule has 0 atom stereocenters. The van der Waals surface area contributed by atoms with E-state index in [1.165, 1.54) is 23.4 Å². The zero-order chi connectivity index (χ0) is 23.8. The van der Waals surface area contributed by atoms with Crippen LogP contribution in [0.1, 0.15) is 20.8 Å². The highest BCUT2D eigenvalue weighted by atomic mass is 32.2. The molecular formula is C24H26N4O4S. The van der Waals surface area contributed by atoms with Crippen molar-refractivity contribution in [2.75, 3.05) is 20.0 Å². The lowest BCUT2D eigenvalue weighted by Gasteiger charge is -2.20. The van der Waals surface area contributed by atoms with Crippen molar-refractivity contribution >= 4 is 39.6 Å². The Morgan fingerprint density at radius 2 is 1.85 bits per heavy atom. The van der Waals surface area contributed by atoms with E-state index in [2.05, 4.69) is 10.3 Å². The number of thioether (sulfide) groups is 1. The van der Waals surface area contributed by atoms with Gasteiger partial charge in [-0.2, -0.15) is 0 Å². The average molecular weight is 467 g/mol. The summed E-state index contributed by atoms with van der Waals surface area (Å²) >= 11 is 1.21. The van der Waals surface area contributed by atoms with E-state index < -0.39 is 0 Å². The van der Waals surface area contributed by atoms with Crippen molar-refractivity contribution in [3.8, 4) is 17.2 Å². The Morgan fingerprint density at radius 1 is 1.12 bits per heavy atom. The number of hydrogen-bond donors (Lipinski definition) is 2. The van der Waals surface area contributed by atoms with Gasteiger partial charge < -0.3 is 19.8 Å². The number of aromatic amines is 1. The van der Waals surface area contributed by atoms with Crippen LogP contribution in [0.5, 0.6) is 11.5 Å². The molecule has 0 aliphatic heterocycles. The number of benzene rings is 2. The zero-order valence-corrected chi connectivity index (χ0v) is 20.0. The number of amides is 1. The van der Waals surface area contributed by atoms with Crippen LogP contribution in [0, 0.1) is 0 Å². The van der Waals surface area contributed by atoms with Gasteiger partial charge in [-0.1, -0.05) is 30.0 Å². The molecule has 0 bridgehead atoms. The van der Waals surface area contributed by atoms with Gasteiger partial charge in [-0.15, -0.1) is 0 Å². The summed E-state index contributed by atoms with van der Waals surface area (Å²) in [5.41, 5.74) is 1.74. The van der Waals surface area contributed by atoms with E-state index in [-0.39, 0.29) is 22.8 Å². The number of nitrogens with zero attached hydrogens (tertiary/aromatic N) is 2. The molecule has 0 saturated heterocycles. The number of carbonyl (C=O) groups excluding carboxylic acids is 1. The first-order chi connectivity index (χ1) is 15.7. The molecule has 8 nitrogen and oxygen atoms in total. The van der Waals surface area contributed by atoms with Gasteiger partial charge in [-0.25, -0.2) is 4.98 Å². The Hall–Kier alpha value is -3.46. The lowest BCUT2D eigenvalue weighted by atomic mass is 10.1. The van der Waals surface area contributed by atoms with Crippen molar-refractivity contribution in [1.82, 2.24) is 19.9 Å². The number of carbonyl (C=O) groups is 1. The van der Waals surface area contributed by atoms with Gasteiger partial charge in [0.15, 0.2) is 16.7 Å². The maximum absolute atomic E-state index is 13.7. The van der Waals surface area contributed by atoms with Crippen molar-refractivity contribution in [3.63, 3.8) is 0 Å². The molecular weight excluding hydrogens is 440 g/mol. The molecule has 2 heterocycles. The fourth-order valence-electron chi connectivity index (χ4n) is 3.62. The van der Waals surface area contributed by atoms with E-state index >= 15 is 0 Å². The molecule has 4 aromatic rings. The van der Waals surface area contributed by atoms with Gasteiger partial charge in [0.25, 0.3) is 5.56 Å². The summed E-state index contributed by atoms with van der Waals surface area (Å²) < 4.78 is 12.3. The lowest BCUT2D eigenvalue weighted by molar-refractivity contribution is -0.119. The third-order valence-corrected chi connectivity index (χ3v) is 5.91. The largest absolute Gasteiger partial charge is 0.493 e. The van der Waals surface area contributed by atoms with Crippen molar-refractivity contribution in [2.24, 2.45) is 0 Å². The van der Waals surface area contributed by atoms with Gasteiger partial charge in [0.05, 0.1) is 25.7 Å². The van der Waals surface area contributed by atoms with Crippen LogP contribution >= 0.6 is 11.8 Å². The van der Waals surface area contributed by atoms with Crippen LogP contribution in [-0.4, -0.2) is 46.0 Å². The van der Waals surface area contributed by atoms with Crippen LogP contribution in [0.15, 0.2) is 52.4 Å². The first-order valence-corrected chi connectivity index (χ1v) is 11.4. The molecule has 0 fully saturated rings. The normalized spacial score (nSPS) is 11.7. The van der Waals surface area contributed by atoms with E-state index in [1.807, 2.05) is 45.0 Å². The summed E-state index contributed by atoms with van der Waals surface area (Å²) in [7, 11) is 3.09. The number of fused-ring (bicyclic) bond motifs is 3. The molecule has 0 aliphatic carbocycles. The number of methoxy groups -OCH3 is 2. The number of nitrogens with one attached hydrogen (secondary N) is 2. The third-order valence-electron chi connectivity index (χ3n) is 4.97. The maximum atomic E-state index is 13.7. The fourth-order valence-corrected chi connectivity index (χ4v) is 4.42. The molecule has 0 unspecified atom stereocenters. The highest BCUT2D eigenvalue weighted by Gasteiger charge is 2.20. The molecule has 2 aromatic heterocycles. The minimum absolute atomic E-state index is 0.116. The average Bonchev–Trinajstić information content (AvgIpc) is 3.15. The van der Waals surface area contributed by atoms with Crippen molar-refractivity contribution in [1.29, 1.82) is 0 Å². The van der Waals surface area contributed by atoms with E-state index in [1.54, 1.807) is 25.3 Å². The Labute approximate surface area is 195 Å². The quantitative estimate of drug-likeness (QED) is 0.330. The summed E-state index contributed by atoms with van der Waals surface area (Å²) in [4.78, 5) is 34.1. The van der Waals surface area contributed by atoms with E-state index in [0.29, 0.717) is 33.4 Å². The number of para-hydroxylation sites is 1. The number of aromatic nitrogens is 3. The molecule has 0 spiro atoms. The van der Waals surface area contributed by atoms with Gasteiger partial charge in [0.2, 0.25) is 5.91 Å². The Balaban J connectivity index is 1.89. The summed E-state index contributed by atoms with van der Waals surface area (Å²) in [5, 5.41) is 4.20. The third kappa shape index (κ3) is 4.54. The van der Waals surface area contributed by atoms with E-state index in [0.717, 1.165) is 10.9 Å². The van der Waals surface area contributed by atoms with Crippen LogP contribution in [0.4, 0.5) is 0 Å². The smallest absolute Gasteiger partial charge is 0.283 e. The topological polar surface area (TPSA) is 98.2 Å². The highest BCUT2D eigenvalue weighted by molar-refractivity contribution is 7.99. The van der Waals surface area contributed by atoms with Gasteiger partial charge in [0.1, 0.15) is 11.0 Å². The summed E-state index contributed by atoms with van der Waals surface area (Å²) in [5.74, 6) is 1.01. The Kier molecular flexibility index (Phi) is 6.07. The van der Waals surface area contributed by atoms with E-state index in [4.69, 9.17) is 14.5 Å². The zero-order valence-electron chi connectivity index (χ0n) is 19.2. The molecule has 0 radical (unpaired) electrons. The second-order valence-corrected chi connectivity index (χ2v) is 9.50. The number of ether oxygens (including phenoxy) is 2. The first-order valence-electron chi connectivity index (χ1n) is 10.4. The predicted molar refractivity (Wildman–Crippen MR) is 131 cm³/mol. The second-order valence-electron chi connectivity index (χ2n) is 8.56. The maximum Gasteiger partial charge on any atom is 0.283 e. The van der Waals surface area contributed by atoms with Crippen LogP contribution in [0.2, 0.25) is 0 Å². The minimum atomic E-state index is -0.352. The molecule has 0 saturated carbocycles. The Morgan fingerprint density at radius 3 is 2.55 bits per heavy atom. The summed E-state index contributed by atoms with van der Waals surface area (Å²) in [6.07, 6.45) is 0. The van der Waals surface area contributed by atoms with Crippen molar-refractivity contribution < 1.29 is 14.3 Å². The minimum Gasteiger partial charge on any atom is -0.493 e. The summed E-state index contributed by atoms with van der Waals surface area (Å²) in [6.45, 7) is 5.77. The standard InChI is InChI=1S/C24H26N4O4S/c1-24(2,3)27-19(29)13-33-23-26-20-15-8-6-7-9-16(15)25-21(20)22(30)28(23)14-10-11-17(31-4)18(12-14)32-5/h6-12,25H,13H2,1-5H3,(H,27,29). The fraction of sp³-hybridized carbons (Fsp3) is 0.292. The monoisotopic (exact) mass is 466 g/mol. The molecule has 0 aliphatic rings. The highest BCUT2D eigenvalue weighted by Crippen LogP contribution is 2.31. The second kappa shape index (κ2) is 8.82. The van der Waals surface area contributed by atoms with Crippen molar-refractivity contribution in [3.05, 3.63) is 52.8 Å². The van der Waals surface area contributed by atoms with E-state index in [9.17, 15) is 9.59 Å². The predicted octanol–water partition coefficient (Wildman–Crippen LogP) is 3.89. The van der Waals surface area contributed by atoms with Crippen LogP contribution < -0.4 is 20.3 Å². The lowest BCUT2D eigenvalue weighted by Crippen LogP contribution is -2.41. The van der Waals surface area contributed by atoms with Crippen LogP contribution in [0.25, 0.3) is 27.6 Å². The SMILES string of the molecule is COc1ccc(-n2c(SCC(=O)NC(C)(C)C)nc3c([nH]c4ccccc43)c2=O)cc1OC. The summed E-state index contributed by atoms with van der Waals surface area (Å²) in [6, 6.07) is 12.8.